The number of benzene rings is 3. The van der Waals surface area contributed by atoms with Crippen LogP contribution in [-0.4, -0.2) is 6.03 Å². The van der Waals surface area contributed by atoms with E-state index in [0.29, 0.717) is 11.6 Å². The smallest absolute Gasteiger partial charge is 0.288 e. The van der Waals surface area contributed by atoms with E-state index in [2.05, 4.69) is 6.07 Å². The van der Waals surface area contributed by atoms with Gasteiger partial charge in [0.2, 0.25) is 0 Å². The number of rotatable bonds is 3. The van der Waals surface area contributed by atoms with E-state index in [-0.39, 0.29) is 6.03 Å². The Kier molecular flexibility index (Phi) is 4.85. The van der Waals surface area contributed by atoms with Gasteiger partial charge in [0.1, 0.15) is 0 Å². The molecule has 5 heteroatoms. The SMILES string of the molecule is Cc1cc(C)cc(N2Sc3ccccc3N(Cc3ccccc3Cl)C2=O)c1. The molecule has 0 unspecified atom stereocenters. The Morgan fingerprint density at radius 3 is 2.33 bits per heavy atom. The van der Waals surface area contributed by atoms with Gasteiger partial charge in [0.05, 0.1) is 22.8 Å². The summed E-state index contributed by atoms with van der Waals surface area (Å²) in [4.78, 5) is 16.3. The summed E-state index contributed by atoms with van der Waals surface area (Å²) in [7, 11) is 0. The largest absolute Gasteiger partial charge is 0.339 e. The maximum Gasteiger partial charge on any atom is 0.339 e. The predicted molar refractivity (Wildman–Crippen MR) is 114 cm³/mol. The van der Waals surface area contributed by atoms with E-state index >= 15 is 0 Å². The van der Waals surface area contributed by atoms with Crippen molar-refractivity contribution < 1.29 is 4.79 Å². The third-order valence-electron chi connectivity index (χ3n) is 4.48. The van der Waals surface area contributed by atoms with Gasteiger partial charge in [-0.1, -0.05) is 48.0 Å². The lowest BCUT2D eigenvalue weighted by Crippen LogP contribution is -2.42. The van der Waals surface area contributed by atoms with Gasteiger partial charge < -0.3 is 0 Å². The first-order valence-electron chi connectivity index (χ1n) is 8.73. The molecule has 1 aliphatic rings. The number of aryl methyl sites for hydroxylation is 2. The van der Waals surface area contributed by atoms with Gasteiger partial charge in [-0.2, -0.15) is 0 Å². The van der Waals surface area contributed by atoms with Crippen LogP contribution in [0.5, 0.6) is 0 Å². The molecule has 1 aliphatic heterocycles. The van der Waals surface area contributed by atoms with Crippen LogP contribution in [0, 0.1) is 13.8 Å². The van der Waals surface area contributed by atoms with Crippen molar-refractivity contribution >= 4 is 41.0 Å². The van der Waals surface area contributed by atoms with Crippen molar-refractivity contribution in [1.29, 1.82) is 0 Å². The highest BCUT2D eigenvalue weighted by atomic mass is 35.5. The average molecular weight is 395 g/mol. The Labute approximate surface area is 168 Å². The van der Waals surface area contributed by atoms with E-state index in [1.54, 1.807) is 9.21 Å². The second-order valence-corrected chi connectivity index (χ2v) is 8.05. The van der Waals surface area contributed by atoms with Gasteiger partial charge in [-0.3, -0.25) is 4.90 Å². The standard InChI is InChI=1S/C22H19ClN2OS/c1-15-11-16(2)13-18(12-15)25-22(26)24(14-17-7-3-4-8-19(17)23)20-9-5-6-10-21(20)27-25/h3-13H,14H2,1-2H3. The monoisotopic (exact) mass is 394 g/mol. The number of hydrogen-bond acceptors (Lipinski definition) is 2. The maximum absolute atomic E-state index is 13.4. The normalized spacial score (nSPS) is 13.7. The molecule has 0 aliphatic carbocycles. The Balaban J connectivity index is 1.77. The third kappa shape index (κ3) is 3.55. The quantitative estimate of drug-likeness (QED) is 0.466. The van der Waals surface area contributed by atoms with E-state index in [0.717, 1.165) is 33.0 Å². The molecule has 0 spiro atoms. The van der Waals surface area contributed by atoms with E-state index in [4.69, 9.17) is 11.6 Å². The van der Waals surface area contributed by atoms with Crippen molar-refractivity contribution in [3.05, 3.63) is 88.4 Å². The number of halogens is 1. The van der Waals surface area contributed by atoms with E-state index < -0.39 is 0 Å². The Morgan fingerprint density at radius 2 is 1.59 bits per heavy atom. The van der Waals surface area contributed by atoms with Gasteiger partial charge in [0.25, 0.3) is 0 Å². The summed E-state index contributed by atoms with van der Waals surface area (Å²) in [5.74, 6) is 0. The Hall–Kier alpha value is -2.43. The highest BCUT2D eigenvalue weighted by Crippen LogP contribution is 2.42. The molecule has 0 atom stereocenters. The van der Waals surface area contributed by atoms with Crippen LogP contribution in [-0.2, 0) is 6.54 Å². The molecule has 0 fully saturated rings. The Morgan fingerprint density at radius 1 is 0.926 bits per heavy atom. The molecule has 4 rings (SSSR count). The predicted octanol–water partition coefficient (Wildman–Crippen LogP) is 6.61. The summed E-state index contributed by atoms with van der Waals surface area (Å²) in [5.41, 5.74) is 4.99. The molecule has 136 valence electrons. The van der Waals surface area contributed by atoms with Crippen LogP contribution in [0.15, 0.2) is 71.6 Å². The third-order valence-corrected chi connectivity index (χ3v) is 5.94. The molecular formula is C22H19ClN2OS. The second kappa shape index (κ2) is 7.29. The fourth-order valence-corrected chi connectivity index (χ4v) is 4.48. The zero-order valence-electron chi connectivity index (χ0n) is 15.1. The number of para-hydroxylation sites is 1. The van der Waals surface area contributed by atoms with Gasteiger partial charge in [-0.05, 0) is 72.8 Å². The van der Waals surface area contributed by atoms with Gasteiger partial charge in [-0.15, -0.1) is 0 Å². The first-order valence-corrected chi connectivity index (χ1v) is 9.88. The van der Waals surface area contributed by atoms with Crippen LogP contribution >= 0.6 is 23.5 Å². The van der Waals surface area contributed by atoms with E-state index in [1.165, 1.54) is 11.9 Å². The van der Waals surface area contributed by atoms with Gasteiger partial charge >= 0.3 is 6.03 Å². The molecule has 3 nitrogen and oxygen atoms in total. The Bertz CT molecular complexity index is 1000. The minimum absolute atomic E-state index is 0.0661. The molecule has 0 bridgehead atoms. The van der Waals surface area contributed by atoms with Crippen molar-refractivity contribution in [2.45, 2.75) is 25.3 Å². The first kappa shape index (κ1) is 18.0. The number of urea groups is 1. The van der Waals surface area contributed by atoms with Crippen LogP contribution in [0.3, 0.4) is 0 Å². The van der Waals surface area contributed by atoms with Crippen LogP contribution in [0.4, 0.5) is 16.2 Å². The van der Waals surface area contributed by atoms with E-state index in [9.17, 15) is 4.79 Å². The second-order valence-electron chi connectivity index (χ2n) is 6.66. The number of fused-ring (bicyclic) bond motifs is 1. The van der Waals surface area contributed by atoms with Crippen molar-refractivity contribution in [2.24, 2.45) is 0 Å². The van der Waals surface area contributed by atoms with E-state index in [1.807, 2.05) is 74.5 Å². The number of nitrogens with zero attached hydrogens (tertiary/aromatic N) is 2. The topological polar surface area (TPSA) is 23.6 Å². The van der Waals surface area contributed by atoms with Crippen LogP contribution in [0.25, 0.3) is 0 Å². The molecule has 2 amide bonds. The zero-order valence-corrected chi connectivity index (χ0v) is 16.7. The van der Waals surface area contributed by atoms with Crippen molar-refractivity contribution in [3.8, 4) is 0 Å². The summed E-state index contributed by atoms with van der Waals surface area (Å²) in [6.07, 6.45) is 0. The molecule has 0 aromatic heterocycles. The fourth-order valence-electron chi connectivity index (χ4n) is 3.29. The number of carbonyl (C=O) groups is 1. The molecule has 3 aromatic carbocycles. The lowest BCUT2D eigenvalue weighted by Gasteiger charge is -2.36. The summed E-state index contributed by atoms with van der Waals surface area (Å²) >= 11 is 7.82. The maximum atomic E-state index is 13.4. The average Bonchev–Trinajstić information content (AvgIpc) is 2.64. The summed E-state index contributed by atoms with van der Waals surface area (Å²) in [6.45, 7) is 4.52. The molecule has 3 aromatic rings. The van der Waals surface area contributed by atoms with Crippen molar-refractivity contribution in [3.63, 3.8) is 0 Å². The molecule has 0 N–H and O–H groups in total. The lowest BCUT2D eigenvalue weighted by atomic mass is 10.1. The number of hydrogen-bond donors (Lipinski definition) is 0. The minimum atomic E-state index is -0.0661. The molecule has 0 radical (unpaired) electrons. The van der Waals surface area contributed by atoms with Crippen LogP contribution < -0.4 is 9.21 Å². The number of anilines is 2. The van der Waals surface area contributed by atoms with Gasteiger partial charge in [0.15, 0.2) is 0 Å². The highest BCUT2D eigenvalue weighted by molar-refractivity contribution is 8.01. The van der Waals surface area contributed by atoms with Gasteiger partial charge in [0, 0.05) is 5.02 Å². The summed E-state index contributed by atoms with van der Waals surface area (Å²) in [6, 6.07) is 21.8. The molecule has 0 saturated carbocycles. The number of amides is 2. The van der Waals surface area contributed by atoms with Gasteiger partial charge in [-0.25, -0.2) is 9.10 Å². The van der Waals surface area contributed by atoms with Crippen LogP contribution in [0.2, 0.25) is 5.02 Å². The molecule has 0 saturated heterocycles. The van der Waals surface area contributed by atoms with Crippen molar-refractivity contribution in [1.82, 2.24) is 0 Å². The molecule has 1 heterocycles. The number of carbonyl (C=O) groups excluding carboxylic acids is 1. The summed E-state index contributed by atoms with van der Waals surface area (Å²) < 4.78 is 1.76. The molecule has 27 heavy (non-hydrogen) atoms. The molecular weight excluding hydrogens is 376 g/mol. The minimum Gasteiger partial charge on any atom is -0.288 e. The lowest BCUT2D eigenvalue weighted by molar-refractivity contribution is 0.254. The van der Waals surface area contributed by atoms with Crippen molar-refractivity contribution in [2.75, 3.05) is 9.21 Å². The zero-order chi connectivity index (χ0) is 19.0. The fraction of sp³-hybridized carbons (Fsp3) is 0.136. The van der Waals surface area contributed by atoms with Crippen LogP contribution in [0.1, 0.15) is 16.7 Å². The highest BCUT2D eigenvalue weighted by Gasteiger charge is 2.32. The summed E-state index contributed by atoms with van der Waals surface area (Å²) in [5, 5.41) is 0.666. The first-order chi connectivity index (χ1) is 13.0.